The Morgan fingerprint density at radius 3 is 2.72 bits per heavy atom. The van der Waals surface area contributed by atoms with Crippen molar-refractivity contribution in [2.45, 2.75) is 24.6 Å². The van der Waals surface area contributed by atoms with Crippen LogP contribution in [0.5, 0.6) is 5.75 Å². The van der Waals surface area contributed by atoms with Gasteiger partial charge in [0.2, 0.25) is 5.66 Å². The number of carbonyl (C=O) groups is 1. The summed E-state index contributed by atoms with van der Waals surface area (Å²) in [6.07, 6.45) is 3.80. The predicted molar refractivity (Wildman–Crippen MR) is 137 cm³/mol. The Bertz CT molecular complexity index is 1400. The summed E-state index contributed by atoms with van der Waals surface area (Å²) >= 11 is 6.05. The van der Waals surface area contributed by atoms with Gasteiger partial charge in [0.05, 0.1) is 25.0 Å². The van der Waals surface area contributed by atoms with Crippen LogP contribution < -0.4 is 26.7 Å². The SMILES string of the molecule is NC1(C(=O)NCC2CNc3ccc(Cl)cc3O2)N=NC=C1Cc1ccc(Cc2ccc[nH]c2=O)cc1. The number of hydrogen-bond acceptors (Lipinski definition) is 7. The van der Waals surface area contributed by atoms with Crippen LogP contribution in [0.3, 0.4) is 0 Å². The number of fused-ring (bicyclic) bond motifs is 1. The zero-order valence-corrected chi connectivity index (χ0v) is 20.1. The molecule has 2 unspecified atom stereocenters. The van der Waals surface area contributed by atoms with Crippen molar-refractivity contribution in [1.29, 1.82) is 0 Å². The van der Waals surface area contributed by atoms with Gasteiger partial charge in [-0.05, 0) is 35.7 Å². The quantitative estimate of drug-likeness (QED) is 0.392. The van der Waals surface area contributed by atoms with Crippen molar-refractivity contribution < 1.29 is 9.53 Å². The maximum absolute atomic E-state index is 13.0. The fourth-order valence-electron chi connectivity index (χ4n) is 4.17. The second-order valence-electron chi connectivity index (χ2n) is 8.80. The van der Waals surface area contributed by atoms with Crippen molar-refractivity contribution in [3.05, 3.63) is 105 Å². The number of halogens is 1. The highest BCUT2D eigenvalue weighted by Crippen LogP contribution is 2.32. The molecule has 10 heteroatoms. The highest BCUT2D eigenvalue weighted by molar-refractivity contribution is 6.30. The number of nitrogens with one attached hydrogen (secondary N) is 3. The van der Waals surface area contributed by atoms with Crippen LogP contribution in [0.15, 0.2) is 87.6 Å². The number of azo groups is 1. The van der Waals surface area contributed by atoms with E-state index in [9.17, 15) is 9.59 Å². The van der Waals surface area contributed by atoms with Crippen molar-refractivity contribution >= 4 is 23.2 Å². The van der Waals surface area contributed by atoms with Gasteiger partial charge in [-0.1, -0.05) is 41.9 Å². The van der Waals surface area contributed by atoms with E-state index in [1.165, 1.54) is 6.20 Å². The van der Waals surface area contributed by atoms with Crippen LogP contribution in [-0.4, -0.2) is 35.7 Å². The van der Waals surface area contributed by atoms with Crippen LogP contribution in [-0.2, 0) is 17.6 Å². The number of rotatable bonds is 7. The summed E-state index contributed by atoms with van der Waals surface area (Å²) in [6, 6.07) is 16.8. The number of carbonyl (C=O) groups excluding carboxylic acids is 1. The van der Waals surface area contributed by atoms with Gasteiger partial charge in [0, 0.05) is 34.8 Å². The minimum atomic E-state index is -1.58. The van der Waals surface area contributed by atoms with E-state index >= 15 is 0 Å². The third kappa shape index (κ3) is 5.02. The number of ether oxygens (including phenoxy) is 1. The third-order valence-corrected chi connectivity index (χ3v) is 6.46. The first-order valence-electron chi connectivity index (χ1n) is 11.5. The molecule has 5 rings (SSSR count). The van der Waals surface area contributed by atoms with Crippen LogP contribution in [0, 0.1) is 0 Å². The van der Waals surface area contributed by atoms with E-state index in [4.69, 9.17) is 22.1 Å². The summed E-state index contributed by atoms with van der Waals surface area (Å²) in [5, 5.41) is 14.6. The maximum Gasteiger partial charge on any atom is 0.269 e. The minimum absolute atomic E-state index is 0.0951. The van der Waals surface area contributed by atoms with Crippen molar-refractivity contribution in [3.8, 4) is 5.75 Å². The fraction of sp³-hybridized carbons (Fsp3) is 0.231. The van der Waals surface area contributed by atoms with Crippen LogP contribution in [0.2, 0.25) is 5.02 Å². The lowest BCUT2D eigenvalue weighted by atomic mass is 9.93. The zero-order valence-electron chi connectivity index (χ0n) is 19.3. The molecule has 3 heterocycles. The third-order valence-electron chi connectivity index (χ3n) is 6.22. The van der Waals surface area contributed by atoms with Gasteiger partial charge in [-0.25, -0.2) is 0 Å². The minimum Gasteiger partial charge on any atom is -0.485 e. The first-order chi connectivity index (χ1) is 17.4. The van der Waals surface area contributed by atoms with E-state index in [-0.39, 0.29) is 18.2 Å². The van der Waals surface area contributed by atoms with Gasteiger partial charge in [0.15, 0.2) is 0 Å². The average molecular weight is 505 g/mol. The summed E-state index contributed by atoms with van der Waals surface area (Å²) in [4.78, 5) is 27.6. The van der Waals surface area contributed by atoms with Gasteiger partial charge >= 0.3 is 0 Å². The number of aromatic nitrogens is 1. The molecule has 36 heavy (non-hydrogen) atoms. The molecule has 1 amide bonds. The number of H-pyrrole nitrogens is 1. The molecule has 0 spiro atoms. The van der Waals surface area contributed by atoms with Crippen molar-refractivity contribution in [3.63, 3.8) is 0 Å². The Morgan fingerprint density at radius 1 is 1.17 bits per heavy atom. The number of pyridine rings is 1. The molecule has 0 bridgehead atoms. The topological polar surface area (TPSA) is 134 Å². The van der Waals surface area contributed by atoms with E-state index < -0.39 is 11.6 Å². The number of nitrogens with two attached hydrogens (primary N) is 1. The number of hydrogen-bond donors (Lipinski definition) is 4. The molecule has 2 atom stereocenters. The number of amides is 1. The Morgan fingerprint density at radius 2 is 1.94 bits per heavy atom. The average Bonchev–Trinajstić information content (AvgIpc) is 3.25. The van der Waals surface area contributed by atoms with Crippen LogP contribution in [0.1, 0.15) is 16.7 Å². The van der Waals surface area contributed by atoms with Gasteiger partial charge < -0.3 is 20.4 Å². The molecule has 2 aliphatic rings. The molecule has 2 aromatic carbocycles. The largest absolute Gasteiger partial charge is 0.485 e. The second kappa shape index (κ2) is 9.96. The molecule has 184 valence electrons. The molecule has 0 saturated heterocycles. The fourth-order valence-corrected chi connectivity index (χ4v) is 4.34. The first-order valence-corrected chi connectivity index (χ1v) is 11.9. The van der Waals surface area contributed by atoms with E-state index in [1.807, 2.05) is 42.5 Å². The van der Waals surface area contributed by atoms with E-state index in [1.54, 1.807) is 18.3 Å². The predicted octanol–water partition coefficient (Wildman–Crippen LogP) is 3.16. The monoisotopic (exact) mass is 504 g/mol. The zero-order chi connectivity index (χ0) is 25.1. The molecule has 0 radical (unpaired) electrons. The molecule has 0 saturated carbocycles. The molecule has 5 N–H and O–H groups in total. The lowest BCUT2D eigenvalue weighted by molar-refractivity contribution is -0.125. The molecular formula is C26H25ClN6O3. The lowest BCUT2D eigenvalue weighted by Gasteiger charge is -2.29. The van der Waals surface area contributed by atoms with Crippen LogP contribution >= 0.6 is 11.6 Å². The van der Waals surface area contributed by atoms with Gasteiger partial charge in [0.1, 0.15) is 11.9 Å². The first kappa shape index (κ1) is 23.8. The van der Waals surface area contributed by atoms with Crippen molar-refractivity contribution in [1.82, 2.24) is 10.3 Å². The molecule has 0 fully saturated rings. The Hall–Kier alpha value is -3.95. The van der Waals surface area contributed by atoms with Crippen molar-refractivity contribution in [2.24, 2.45) is 16.0 Å². The summed E-state index contributed by atoms with van der Waals surface area (Å²) in [5.74, 6) is 0.187. The van der Waals surface area contributed by atoms with Crippen molar-refractivity contribution in [2.75, 3.05) is 18.4 Å². The van der Waals surface area contributed by atoms with Gasteiger partial charge in [-0.15, -0.1) is 0 Å². The molecule has 3 aromatic rings. The Kier molecular flexibility index (Phi) is 6.58. The number of anilines is 1. The second-order valence-corrected chi connectivity index (χ2v) is 9.24. The van der Waals surface area contributed by atoms with E-state index in [0.29, 0.717) is 41.3 Å². The molecular weight excluding hydrogens is 480 g/mol. The lowest BCUT2D eigenvalue weighted by Crippen LogP contribution is -2.55. The molecule has 2 aliphatic heterocycles. The molecule has 0 aliphatic carbocycles. The number of nitrogens with zero attached hydrogens (tertiary/aromatic N) is 2. The van der Waals surface area contributed by atoms with Gasteiger partial charge in [0.25, 0.3) is 11.5 Å². The highest BCUT2D eigenvalue weighted by atomic mass is 35.5. The summed E-state index contributed by atoms with van der Waals surface area (Å²) < 4.78 is 5.95. The Balaban J connectivity index is 1.19. The molecule has 1 aromatic heterocycles. The smallest absolute Gasteiger partial charge is 0.269 e. The standard InChI is InChI=1S/C26H25ClN6O3/c27-20-7-8-22-23(12-20)36-21(14-30-22)15-31-25(35)26(28)19(13-32-33-26)11-17-5-3-16(4-6-17)10-18-2-1-9-29-24(18)34/h1-9,12-13,21,30H,10-11,14-15,28H2,(H,29,34)(H,31,35). The van der Waals surface area contributed by atoms with Crippen LogP contribution in [0.25, 0.3) is 0 Å². The summed E-state index contributed by atoms with van der Waals surface area (Å²) in [6.45, 7) is 0.769. The molecule has 9 nitrogen and oxygen atoms in total. The Labute approximate surface area is 212 Å². The normalized spacial score (nSPS) is 20.2. The maximum atomic E-state index is 13.0. The summed E-state index contributed by atoms with van der Waals surface area (Å²) in [5.41, 5.74) is 8.82. The van der Waals surface area contributed by atoms with E-state index in [2.05, 4.69) is 25.8 Å². The van der Waals surface area contributed by atoms with Gasteiger partial charge in [-0.2, -0.15) is 10.2 Å². The van der Waals surface area contributed by atoms with E-state index in [0.717, 1.165) is 16.8 Å². The number of benzene rings is 2. The number of aromatic amines is 1. The summed E-state index contributed by atoms with van der Waals surface area (Å²) in [7, 11) is 0. The van der Waals surface area contributed by atoms with Crippen LogP contribution in [0.4, 0.5) is 5.69 Å². The van der Waals surface area contributed by atoms with Gasteiger partial charge in [-0.3, -0.25) is 15.3 Å². The highest BCUT2D eigenvalue weighted by Gasteiger charge is 2.41.